The van der Waals surface area contributed by atoms with Crippen LogP contribution < -0.4 is 10.6 Å². The van der Waals surface area contributed by atoms with Gasteiger partial charge in [-0.3, -0.25) is 10.6 Å². The van der Waals surface area contributed by atoms with Crippen molar-refractivity contribution in [3.8, 4) is 5.69 Å². The van der Waals surface area contributed by atoms with Gasteiger partial charge in [0.2, 0.25) is 5.95 Å². The fourth-order valence-electron chi connectivity index (χ4n) is 2.87. The highest BCUT2D eigenvalue weighted by atomic mass is 16.2. The number of hydrogen-bond acceptors (Lipinski definition) is 3. The number of carbonyl (C=O) groups is 1. The minimum absolute atomic E-state index is 0.147. The van der Waals surface area contributed by atoms with Crippen LogP contribution in [0.25, 0.3) is 16.7 Å². The number of nitrogens with one attached hydrogen (secondary N) is 3. The summed E-state index contributed by atoms with van der Waals surface area (Å²) in [5, 5.41) is 10.3. The Hall–Kier alpha value is -3.61. The topological polar surface area (TPSA) is 87.6 Å². The largest absolute Gasteiger partial charge is 0.327 e. The third kappa shape index (κ3) is 3.59. The summed E-state index contributed by atoms with van der Waals surface area (Å²) in [7, 11) is 0. The molecule has 2 amide bonds. The number of urea groups is 1. The lowest BCUT2D eigenvalue weighted by molar-refractivity contribution is 0.262. The average molecular weight is 374 g/mol. The molecule has 7 nitrogen and oxygen atoms in total. The van der Waals surface area contributed by atoms with Gasteiger partial charge in [0.05, 0.1) is 22.4 Å². The molecule has 4 aromatic rings. The fraction of sp³-hybridized carbons (Fsp3) is 0.190. The van der Waals surface area contributed by atoms with E-state index in [-0.39, 0.29) is 5.41 Å². The maximum absolute atomic E-state index is 12.6. The minimum atomic E-state index is -0.392. The number of imidazole rings is 1. The standard InChI is InChI=1S/C21H22N6O/c1-21(2,3)17-13-18(27(26-17)14-9-5-4-6-10-14)24-20(28)25-19-22-15-11-7-8-12-16(15)23-19/h4-13H,1-3H3,(H3,22,23,24,25,28). The molecular formula is C21H22N6O. The molecule has 2 heterocycles. The van der Waals surface area contributed by atoms with E-state index >= 15 is 0 Å². The summed E-state index contributed by atoms with van der Waals surface area (Å²) in [6.07, 6.45) is 0. The first-order chi connectivity index (χ1) is 13.4. The molecular weight excluding hydrogens is 352 g/mol. The summed E-state index contributed by atoms with van der Waals surface area (Å²) in [5.74, 6) is 0.977. The van der Waals surface area contributed by atoms with E-state index in [2.05, 4.69) is 41.4 Å². The number of para-hydroxylation sites is 3. The van der Waals surface area contributed by atoms with Gasteiger partial charge in [0, 0.05) is 11.5 Å². The number of fused-ring (bicyclic) bond motifs is 1. The van der Waals surface area contributed by atoms with Gasteiger partial charge in [-0.1, -0.05) is 51.1 Å². The van der Waals surface area contributed by atoms with Gasteiger partial charge in [-0.15, -0.1) is 0 Å². The number of nitrogens with zero attached hydrogens (tertiary/aromatic N) is 3. The van der Waals surface area contributed by atoms with Crippen molar-refractivity contribution in [3.05, 3.63) is 66.4 Å². The predicted octanol–water partition coefficient (Wildman–Crippen LogP) is 4.69. The Morgan fingerprint density at radius 1 is 1.00 bits per heavy atom. The van der Waals surface area contributed by atoms with Gasteiger partial charge in [-0.25, -0.2) is 14.5 Å². The van der Waals surface area contributed by atoms with Crippen molar-refractivity contribution in [1.82, 2.24) is 19.7 Å². The van der Waals surface area contributed by atoms with Crippen LogP contribution in [0.2, 0.25) is 0 Å². The number of aromatic amines is 1. The van der Waals surface area contributed by atoms with Crippen molar-refractivity contribution in [3.63, 3.8) is 0 Å². The van der Waals surface area contributed by atoms with Crippen LogP contribution in [0.4, 0.5) is 16.6 Å². The summed E-state index contributed by atoms with van der Waals surface area (Å²) in [4.78, 5) is 20.0. The van der Waals surface area contributed by atoms with Gasteiger partial charge < -0.3 is 4.98 Å². The molecule has 0 aliphatic rings. The molecule has 0 aliphatic heterocycles. The fourth-order valence-corrected chi connectivity index (χ4v) is 2.87. The van der Waals surface area contributed by atoms with Crippen LogP contribution in [0.1, 0.15) is 26.5 Å². The molecule has 3 N–H and O–H groups in total. The van der Waals surface area contributed by atoms with Crippen LogP contribution in [0, 0.1) is 0 Å². The van der Waals surface area contributed by atoms with E-state index in [9.17, 15) is 4.79 Å². The summed E-state index contributed by atoms with van der Waals surface area (Å²) in [5.41, 5.74) is 3.27. The zero-order valence-electron chi connectivity index (χ0n) is 16.0. The van der Waals surface area contributed by atoms with E-state index in [0.717, 1.165) is 22.4 Å². The van der Waals surface area contributed by atoms with E-state index in [4.69, 9.17) is 5.10 Å². The number of H-pyrrole nitrogens is 1. The SMILES string of the molecule is CC(C)(C)c1cc(NC(=O)Nc2nc3ccccc3[nH]2)n(-c2ccccc2)n1. The van der Waals surface area contributed by atoms with Gasteiger partial charge in [0.15, 0.2) is 0 Å². The van der Waals surface area contributed by atoms with E-state index in [1.54, 1.807) is 4.68 Å². The Bertz CT molecular complexity index is 1090. The number of amides is 2. The summed E-state index contributed by atoms with van der Waals surface area (Å²) in [6, 6.07) is 18.8. The first-order valence-corrected chi connectivity index (χ1v) is 9.09. The van der Waals surface area contributed by atoms with Gasteiger partial charge in [-0.05, 0) is 24.3 Å². The number of rotatable bonds is 3. The molecule has 4 rings (SSSR count). The van der Waals surface area contributed by atoms with E-state index in [1.807, 2.05) is 60.7 Å². The highest BCUT2D eigenvalue weighted by molar-refractivity contribution is 5.99. The molecule has 0 unspecified atom stereocenters. The lowest BCUT2D eigenvalue weighted by Gasteiger charge is -2.14. The average Bonchev–Trinajstić information content (AvgIpc) is 3.25. The van der Waals surface area contributed by atoms with Crippen molar-refractivity contribution in [2.45, 2.75) is 26.2 Å². The van der Waals surface area contributed by atoms with Crippen LogP contribution in [-0.2, 0) is 5.41 Å². The second-order valence-electron chi connectivity index (χ2n) is 7.59. The minimum Gasteiger partial charge on any atom is -0.324 e. The Kier molecular flexibility index (Phi) is 4.35. The van der Waals surface area contributed by atoms with Crippen LogP contribution >= 0.6 is 0 Å². The number of aromatic nitrogens is 4. The third-order valence-electron chi connectivity index (χ3n) is 4.34. The van der Waals surface area contributed by atoms with Crippen molar-refractivity contribution in [1.29, 1.82) is 0 Å². The molecule has 0 saturated heterocycles. The van der Waals surface area contributed by atoms with Crippen molar-refractivity contribution in [2.75, 3.05) is 10.6 Å². The number of anilines is 2. The maximum Gasteiger partial charge on any atom is 0.327 e. The molecule has 7 heteroatoms. The molecule has 0 atom stereocenters. The molecule has 0 fully saturated rings. The molecule has 0 saturated carbocycles. The monoisotopic (exact) mass is 374 g/mol. The zero-order chi connectivity index (χ0) is 19.7. The third-order valence-corrected chi connectivity index (χ3v) is 4.34. The normalized spacial score (nSPS) is 11.5. The second-order valence-corrected chi connectivity index (χ2v) is 7.59. The van der Waals surface area contributed by atoms with Crippen molar-refractivity contribution < 1.29 is 4.79 Å². The molecule has 0 radical (unpaired) electrons. The number of hydrogen-bond donors (Lipinski definition) is 3. The second kappa shape index (κ2) is 6.84. The lowest BCUT2D eigenvalue weighted by atomic mass is 9.92. The first kappa shape index (κ1) is 17.8. The molecule has 142 valence electrons. The zero-order valence-corrected chi connectivity index (χ0v) is 16.0. The quantitative estimate of drug-likeness (QED) is 0.486. The first-order valence-electron chi connectivity index (χ1n) is 9.09. The Balaban J connectivity index is 1.61. The highest BCUT2D eigenvalue weighted by Crippen LogP contribution is 2.26. The Labute approximate surface area is 162 Å². The maximum atomic E-state index is 12.6. The van der Waals surface area contributed by atoms with Gasteiger partial charge in [0.1, 0.15) is 5.82 Å². The van der Waals surface area contributed by atoms with E-state index in [1.165, 1.54) is 0 Å². The van der Waals surface area contributed by atoms with Crippen molar-refractivity contribution >= 4 is 28.8 Å². The van der Waals surface area contributed by atoms with Gasteiger partial charge in [0.25, 0.3) is 0 Å². The van der Waals surface area contributed by atoms with Gasteiger partial charge >= 0.3 is 6.03 Å². The lowest BCUT2D eigenvalue weighted by Crippen LogP contribution is -2.21. The van der Waals surface area contributed by atoms with Crippen LogP contribution in [0.15, 0.2) is 60.7 Å². The predicted molar refractivity (Wildman–Crippen MR) is 111 cm³/mol. The molecule has 2 aromatic carbocycles. The molecule has 0 spiro atoms. The summed E-state index contributed by atoms with van der Waals surface area (Å²) in [6.45, 7) is 6.26. The smallest absolute Gasteiger partial charge is 0.324 e. The van der Waals surface area contributed by atoms with Crippen LogP contribution in [0.5, 0.6) is 0 Å². The molecule has 2 aromatic heterocycles. The number of benzene rings is 2. The summed E-state index contributed by atoms with van der Waals surface area (Å²) >= 11 is 0. The summed E-state index contributed by atoms with van der Waals surface area (Å²) < 4.78 is 1.73. The number of carbonyl (C=O) groups excluding carboxylic acids is 1. The Morgan fingerprint density at radius 3 is 2.43 bits per heavy atom. The van der Waals surface area contributed by atoms with E-state index < -0.39 is 6.03 Å². The molecule has 28 heavy (non-hydrogen) atoms. The highest BCUT2D eigenvalue weighted by Gasteiger charge is 2.21. The molecule has 0 aliphatic carbocycles. The van der Waals surface area contributed by atoms with E-state index in [0.29, 0.717) is 11.8 Å². The van der Waals surface area contributed by atoms with Crippen LogP contribution in [0.3, 0.4) is 0 Å². The van der Waals surface area contributed by atoms with Crippen molar-refractivity contribution in [2.24, 2.45) is 0 Å². The van der Waals surface area contributed by atoms with Crippen LogP contribution in [-0.4, -0.2) is 25.8 Å². The van der Waals surface area contributed by atoms with Gasteiger partial charge in [-0.2, -0.15) is 5.10 Å². The Morgan fingerprint density at radius 2 is 1.71 bits per heavy atom. The molecule has 0 bridgehead atoms.